The van der Waals surface area contributed by atoms with E-state index in [0.717, 1.165) is 0 Å². The molecule has 12 heavy (non-hydrogen) atoms. The molecule has 0 bridgehead atoms. The molecule has 0 unspecified atom stereocenters. The molecule has 0 saturated heterocycles. The Morgan fingerprint density at radius 3 is 1.83 bits per heavy atom. The summed E-state index contributed by atoms with van der Waals surface area (Å²) >= 11 is 0. The average Bonchev–Trinajstić information content (AvgIpc) is 2.06. The second-order valence-electron chi connectivity index (χ2n) is 1.96. The maximum Gasteiger partial charge on any atom is 0.342 e. The van der Waals surface area contributed by atoms with Gasteiger partial charge in [-0.1, -0.05) is 13.8 Å². The van der Waals surface area contributed by atoms with Gasteiger partial charge in [0, 0.05) is 12.8 Å². The second-order valence-corrected chi connectivity index (χ2v) is 1.96. The minimum atomic E-state index is -0.745. The van der Waals surface area contributed by atoms with Crippen molar-refractivity contribution >= 4 is 11.9 Å². The highest BCUT2D eigenvalue weighted by Gasteiger charge is 1.95. The van der Waals surface area contributed by atoms with Gasteiger partial charge in [-0.25, -0.2) is 4.79 Å². The Bertz CT molecular complexity index is 132. The highest BCUT2D eigenvalue weighted by molar-refractivity contribution is 5.68. The highest BCUT2D eigenvalue weighted by atomic mass is 17.1. The summed E-state index contributed by atoms with van der Waals surface area (Å²) in [5.74, 6) is -1.31. The van der Waals surface area contributed by atoms with E-state index in [9.17, 15) is 9.59 Å². The van der Waals surface area contributed by atoms with E-state index in [1.54, 1.807) is 6.92 Å². The first kappa shape index (κ1) is 13.5. The molecule has 5 heteroatoms. The van der Waals surface area contributed by atoms with Crippen molar-refractivity contribution in [2.75, 3.05) is 0 Å². The van der Waals surface area contributed by atoms with Gasteiger partial charge < -0.3 is 9.99 Å². The summed E-state index contributed by atoms with van der Waals surface area (Å²) in [6.07, 6.45) is 1.22. The molecule has 0 aromatic rings. The van der Waals surface area contributed by atoms with Gasteiger partial charge in [0.2, 0.25) is 0 Å². The van der Waals surface area contributed by atoms with Gasteiger partial charge in [0.15, 0.2) is 0 Å². The summed E-state index contributed by atoms with van der Waals surface area (Å²) in [6.45, 7) is 3.43. The van der Waals surface area contributed by atoms with Crippen LogP contribution in [0, 0.1) is 0 Å². The quantitative estimate of drug-likeness (QED) is 0.502. The van der Waals surface area contributed by atoms with E-state index in [0.29, 0.717) is 6.42 Å². The summed E-state index contributed by atoms with van der Waals surface area (Å²) in [4.78, 5) is 22.7. The van der Waals surface area contributed by atoms with Crippen LogP contribution in [-0.2, 0) is 14.5 Å². The number of hydrogen-bond donors (Lipinski definition) is 2. The topological polar surface area (TPSA) is 83.8 Å². The molecule has 0 heterocycles. The van der Waals surface area contributed by atoms with E-state index in [4.69, 9.17) is 10.4 Å². The fourth-order valence-corrected chi connectivity index (χ4v) is 0.250. The zero-order chi connectivity index (χ0) is 9.98. The summed E-state index contributed by atoms with van der Waals surface area (Å²) < 4.78 is 0. The third-order valence-electron chi connectivity index (χ3n) is 0.858. The molecule has 0 aromatic heterocycles. The lowest BCUT2D eigenvalue weighted by Crippen LogP contribution is -1.97. The Labute approximate surface area is 70.9 Å². The normalized spacial score (nSPS) is 7.92. The number of aliphatic carboxylic acids is 1. The largest absolute Gasteiger partial charge is 0.481 e. The standard InChI is InChI=1S/C4H8O3.C3H6O2/c1-2-3-4(5)7-6;1-2-3(4)5/h6H,2-3H2,1H3;2H2,1H3,(H,4,5). The first-order valence-electron chi connectivity index (χ1n) is 3.64. The summed E-state index contributed by atoms with van der Waals surface area (Å²) in [5, 5.41) is 15.3. The summed E-state index contributed by atoms with van der Waals surface area (Å²) in [5.41, 5.74) is 0. The van der Waals surface area contributed by atoms with Crippen molar-refractivity contribution in [3.63, 3.8) is 0 Å². The molecule has 0 aliphatic rings. The Morgan fingerprint density at radius 1 is 1.33 bits per heavy atom. The number of carboxylic acids is 1. The smallest absolute Gasteiger partial charge is 0.342 e. The van der Waals surface area contributed by atoms with Crippen LogP contribution < -0.4 is 0 Å². The molecular formula is C7H14O5. The molecule has 0 rings (SSSR count). The van der Waals surface area contributed by atoms with Gasteiger partial charge in [-0.3, -0.25) is 4.79 Å². The number of carboxylic acid groups (broad SMARTS) is 1. The number of carbonyl (C=O) groups excluding carboxylic acids is 1. The van der Waals surface area contributed by atoms with Gasteiger partial charge in [-0.2, -0.15) is 5.26 Å². The zero-order valence-corrected chi connectivity index (χ0v) is 7.24. The Hall–Kier alpha value is -1.10. The van der Waals surface area contributed by atoms with Gasteiger partial charge in [0.05, 0.1) is 0 Å². The van der Waals surface area contributed by atoms with Crippen LogP contribution in [-0.4, -0.2) is 22.3 Å². The van der Waals surface area contributed by atoms with E-state index in [-0.39, 0.29) is 12.8 Å². The molecule has 2 N–H and O–H groups in total. The minimum Gasteiger partial charge on any atom is -0.481 e. The predicted octanol–water partition coefficient (Wildman–Crippen LogP) is 1.28. The fraction of sp³-hybridized carbons (Fsp3) is 0.714. The Morgan fingerprint density at radius 2 is 1.75 bits per heavy atom. The molecule has 0 aromatic carbocycles. The number of carbonyl (C=O) groups is 2. The molecule has 0 amide bonds. The Kier molecular flexibility index (Phi) is 11.1. The lowest BCUT2D eigenvalue weighted by molar-refractivity contribution is -0.234. The average molecular weight is 178 g/mol. The molecule has 0 aliphatic carbocycles. The van der Waals surface area contributed by atoms with E-state index in [2.05, 4.69) is 4.89 Å². The van der Waals surface area contributed by atoms with Crippen LogP contribution in [0.5, 0.6) is 0 Å². The van der Waals surface area contributed by atoms with E-state index < -0.39 is 11.9 Å². The van der Waals surface area contributed by atoms with Gasteiger partial charge in [0.1, 0.15) is 0 Å². The van der Waals surface area contributed by atoms with E-state index in [1.807, 2.05) is 6.92 Å². The molecule has 0 radical (unpaired) electrons. The van der Waals surface area contributed by atoms with Crippen molar-refractivity contribution in [2.45, 2.75) is 33.1 Å². The first-order valence-corrected chi connectivity index (χ1v) is 3.64. The van der Waals surface area contributed by atoms with Crippen LogP contribution in [0.2, 0.25) is 0 Å². The van der Waals surface area contributed by atoms with Crippen molar-refractivity contribution in [1.29, 1.82) is 0 Å². The fourth-order valence-electron chi connectivity index (χ4n) is 0.250. The van der Waals surface area contributed by atoms with Crippen LogP contribution in [0.3, 0.4) is 0 Å². The monoisotopic (exact) mass is 178 g/mol. The Balaban J connectivity index is 0. The van der Waals surface area contributed by atoms with Gasteiger partial charge in [0.25, 0.3) is 0 Å². The number of hydrogen-bond acceptors (Lipinski definition) is 4. The third-order valence-corrected chi connectivity index (χ3v) is 0.858. The lowest BCUT2D eigenvalue weighted by atomic mass is 10.3. The van der Waals surface area contributed by atoms with Crippen LogP contribution in [0.1, 0.15) is 33.1 Å². The molecular weight excluding hydrogens is 164 g/mol. The SMILES string of the molecule is CCC(=O)O.CCCC(=O)OO. The van der Waals surface area contributed by atoms with Gasteiger partial charge in [-0.15, -0.1) is 0 Å². The van der Waals surface area contributed by atoms with Crippen molar-refractivity contribution < 1.29 is 24.8 Å². The van der Waals surface area contributed by atoms with E-state index >= 15 is 0 Å². The van der Waals surface area contributed by atoms with Crippen molar-refractivity contribution in [3.8, 4) is 0 Å². The minimum absolute atomic E-state index is 0.222. The molecule has 0 aliphatic heterocycles. The molecule has 0 spiro atoms. The summed E-state index contributed by atoms with van der Waals surface area (Å²) in [6, 6.07) is 0. The second kappa shape index (κ2) is 9.90. The van der Waals surface area contributed by atoms with Crippen LogP contribution in [0.25, 0.3) is 0 Å². The molecule has 0 atom stereocenters. The molecule has 72 valence electrons. The number of rotatable bonds is 3. The van der Waals surface area contributed by atoms with Crippen LogP contribution in [0.4, 0.5) is 0 Å². The maximum absolute atomic E-state index is 9.94. The lowest BCUT2D eigenvalue weighted by Gasteiger charge is -1.87. The first-order chi connectivity index (χ1) is 5.58. The predicted molar refractivity (Wildman–Crippen MR) is 41.6 cm³/mol. The van der Waals surface area contributed by atoms with Crippen molar-refractivity contribution in [1.82, 2.24) is 0 Å². The molecule has 0 saturated carbocycles. The molecule has 5 nitrogen and oxygen atoms in total. The van der Waals surface area contributed by atoms with Crippen molar-refractivity contribution in [3.05, 3.63) is 0 Å². The van der Waals surface area contributed by atoms with Gasteiger partial charge >= 0.3 is 11.9 Å². The third kappa shape index (κ3) is 16.0. The van der Waals surface area contributed by atoms with Crippen molar-refractivity contribution in [2.24, 2.45) is 0 Å². The summed E-state index contributed by atoms with van der Waals surface area (Å²) in [7, 11) is 0. The zero-order valence-electron chi connectivity index (χ0n) is 7.24. The van der Waals surface area contributed by atoms with Gasteiger partial charge in [-0.05, 0) is 6.42 Å². The van der Waals surface area contributed by atoms with E-state index in [1.165, 1.54) is 0 Å². The van der Waals surface area contributed by atoms with Crippen LogP contribution >= 0.6 is 0 Å². The highest BCUT2D eigenvalue weighted by Crippen LogP contribution is 1.86. The maximum atomic E-state index is 9.94. The van der Waals surface area contributed by atoms with Crippen LogP contribution in [0.15, 0.2) is 0 Å². The molecule has 0 fully saturated rings.